The zero-order valence-electron chi connectivity index (χ0n) is 15.6. The lowest BCUT2D eigenvalue weighted by atomic mass is 9.67. The van der Waals surface area contributed by atoms with Crippen LogP contribution < -0.4 is 11.1 Å². The summed E-state index contributed by atoms with van der Waals surface area (Å²) in [7, 11) is 0. The number of fused-ring (bicyclic) bond motifs is 2. The van der Waals surface area contributed by atoms with E-state index >= 15 is 0 Å². The molecule has 2 aromatic rings. The van der Waals surface area contributed by atoms with Crippen LogP contribution in [0.2, 0.25) is 0 Å². The summed E-state index contributed by atoms with van der Waals surface area (Å²) < 4.78 is 0. The lowest BCUT2D eigenvalue weighted by Crippen LogP contribution is -2.53. The number of rotatable bonds is 5. The average Bonchev–Trinajstić information content (AvgIpc) is 3.14. The van der Waals surface area contributed by atoms with E-state index in [1.54, 1.807) is 23.1 Å². The fourth-order valence-corrected chi connectivity index (χ4v) is 6.11. The second kappa shape index (κ2) is 10.8. The Balaban J connectivity index is 0.00000140. The van der Waals surface area contributed by atoms with Crippen LogP contribution in [0.4, 0.5) is 0 Å². The highest BCUT2D eigenvalue weighted by atomic mass is 35.5. The first kappa shape index (κ1) is 23.5. The molecule has 1 aromatic heterocycles. The molecule has 0 saturated heterocycles. The molecule has 154 valence electrons. The highest BCUT2D eigenvalue weighted by molar-refractivity contribution is 7.98. The number of carbonyl (C=O) groups is 1. The monoisotopic (exact) mass is 459 g/mol. The summed E-state index contributed by atoms with van der Waals surface area (Å²) in [6, 6.07) is 8.49. The van der Waals surface area contributed by atoms with Gasteiger partial charge in [-0.25, -0.2) is 4.98 Å². The molecular formula is C20H27Cl2N3OS2. The van der Waals surface area contributed by atoms with E-state index < -0.39 is 0 Å². The minimum absolute atomic E-state index is 0. The van der Waals surface area contributed by atoms with Crippen molar-refractivity contribution in [1.29, 1.82) is 0 Å². The summed E-state index contributed by atoms with van der Waals surface area (Å²) in [6.45, 7) is 0. The van der Waals surface area contributed by atoms with Crippen LogP contribution in [0.25, 0.3) is 0 Å². The molecule has 1 amide bonds. The molecule has 2 unspecified atom stereocenters. The first-order valence-corrected chi connectivity index (χ1v) is 11.3. The minimum atomic E-state index is 0. The van der Waals surface area contributed by atoms with Crippen molar-refractivity contribution in [2.75, 3.05) is 0 Å². The van der Waals surface area contributed by atoms with Crippen molar-refractivity contribution in [2.24, 2.45) is 17.6 Å². The SMILES string of the molecule is Cl.Cl.NC1CC2CCCC(C1)C2NC(=O)c1ccccc1SCc1cscn1. The Kier molecular flexibility index (Phi) is 9.09. The van der Waals surface area contributed by atoms with Crippen LogP contribution in [0.5, 0.6) is 0 Å². The fourth-order valence-electron chi connectivity index (χ4n) is 4.49. The molecule has 0 spiro atoms. The molecule has 2 atom stereocenters. The summed E-state index contributed by atoms with van der Waals surface area (Å²) in [6.07, 6.45) is 5.74. The van der Waals surface area contributed by atoms with Gasteiger partial charge in [0.25, 0.3) is 5.91 Å². The van der Waals surface area contributed by atoms with Gasteiger partial charge in [0.1, 0.15) is 0 Å². The topological polar surface area (TPSA) is 68.0 Å². The van der Waals surface area contributed by atoms with Gasteiger partial charge in [-0.3, -0.25) is 4.79 Å². The molecule has 1 heterocycles. The fraction of sp³-hybridized carbons (Fsp3) is 0.500. The Bertz CT molecular complexity index is 746. The maximum atomic E-state index is 13.0. The van der Waals surface area contributed by atoms with Gasteiger partial charge in [-0.2, -0.15) is 0 Å². The number of hydrogen-bond acceptors (Lipinski definition) is 5. The number of nitrogens with zero attached hydrogens (tertiary/aromatic N) is 1. The Morgan fingerprint density at radius 2 is 1.93 bits per heavy atom. The van der Waals surface area contributed by atoms with Gasteiger partial charge >= 0.3 is 0 Å². The van der Waals surface area contributed by atoms with Crippen molar-refractivity contribution >= 4 is 53.8 Å². The Morgan fingerprint density at radius 1 is 1.21 bits per heavy atom. The summed E-state index contributed by atoms with van der Waals surface area (Å²) >= 11 is 3.28. The van der Waals surface area contributed by atoms with Crippen LogP contribution in [-0.2, 0) is 5.75 Å². The number of nitrogens with two attached hydrogens (primary N) is 1. The molecule has 2 aliphatic rings. The van der Waals surface area contributed by atoms with Gasteiger partial charge in [-0.05, 0) is 49.7 Å². The van der Waals surface area contributed by atoms with E-state index in [9.17, 15) is 4.79 Å². The van der Waals surface area contributed by atoms with Crippen molar-refractivity contribution < 1.29 is 4.79 Å². The summed E-state index contributed by atoms with van der Waals surface area (Å²) in [5.74, 6) is 1.92. The van der Waals surface area contributed by atoms with Gasteiger partial charge < -0.3 is 11.1 Å². The van der Waals surface area contributed by atoms with Crippen molar-refractivity contribution in [1.82, 2.24) is 10.3 Å². The third kappa shape index (κ3) is 5.42. The third-order valence-electron chi connectivity index (χ3n) is 5.67. The van der Waals surface area contributed by atoms with Crippen LogP contribution in [0.3, 0.4) is 0 Å². The van der Waals surface area contributed by atoms with Crippen molar-refractivity contribution in [3.63, 3.8) is 0 Å². The molecule has 2 saturated carbocycles. The molecule has 3 N–H and O–H groups in total. The molecule has 0 radical (unpaired) electrons. The van der Waals surface area contributed by atoms with Gasteiger partial charge in [0.2, 0.25) is 0 Å². The number of benzene rings is 1. The average molecular weight is 460 g/mol. The van der Waals surface area contributed by atoms with E-state index in [-0.39, 0.29) is 36.8 Å². The molecule has 2 aliphatic carbocycles. The van der Waals surface area contributed by atoms with Gasteiger partial charge in [-0.15, -0.1) is 47.9 Å². The lowest BCUT2D eigenvalue weighted by Gasteiger charge is -2.45. The summed E-state index contributed by atoms with van der Waals surface area (Å²) in [4.78, 5) is 18.4. The number of halogens is 2. The van der Waals surface area contributed by atoms with E-state index in [0.717, 1.165) is 34.7 Å². The van der Waals surface area contributed by atoms with Crippen molar-refractivity contribution in [2.45, 2.75) is 54.8 Å². The molecule has 4 nitrogen and oxygen atoms in total. The highest BCUT2D eigenvalue weighted by Crippen LogP contribution is 2.40. The van der Waals surface area contributed by atoms with Gasteiger partial charge in [0.05, 0.1) is 16.8 Å². The number of nitrogens with one attached hydrogen (secondary N) is 1. The maximum absolute atomic E-state index is 13.0. The molecule has 0 aliphatic heterocycles. The van der Waals surface area contributed by atoms with Crippen LogP contribution in [-0.4, -0.2) is 23.0 Å². The van der Waals surface area contributed by atoms with E-state index in [1.165, 1.54) is 19.3 Å². The standard InChI is InChI=1S/C20H25N3OS2.2ClH/c21-15-8-13-4-3-5-14(9-15)19(13)23-20(24)17-6-1-2-7-18(17)26-11-16-10-25-12-22-16;;/h1-2,6-7,10,12-15,19H,3-5,8-9,11,21H2,(H,23,24);2*1H. The molecule has 28 heavy (non-hydrogen) atoms. The predicted molar refractivity (Wildman–Crippen MR) is 122 cm³/mol. The number of aromatic nitrogens is 1. The highest BCUT2D eigenvalue weighted by Gasteiger charge is 2.40. The predicted octanol–water partition coefficient (Wildman–Crippen LogP) is 4.91. The first-order valence-electron chi connectivity index (χ1n) is 9.36. The van der Waals surface area contributed by atoms with E-state index in [1.807, 2.05) is 29.8 Å². The van der Waals surface area contributed by atoms with E-state index in [0.29, 0.717) is 17.9 Å². The minimum Gasteiger partial charge on any atom is -0.349 e. The normalized spacial score (nSPS) is 25.9. The molecule has 2 bridgehead atoms. The van der Waals surface area contributed by atoms with Crippen LogP contribution in [0.1, 0.15) is 48.2 Å². The Hall–Kier alpha value is -0.790. The quantitative estimate of drug-likeness (QED) is 0.622. The van der Waals surface area contributed by atoms with Crippen molar-refractivity contribution in [3.8, 4) is 0 Å². The molecular weight excluding hydrogens is 433 g/mol. The molecule has 2 fully saturated rings. The molecule has 1 aromatic carbocycles. The van der Waals surface area contributed by atoms with E-state index in [4.69, 9.17) is 5.73 Å². The number of thioether (sulfide) groups is 1. The Morgan fingerprint density at radius 3 is 2.61 bits per heavy atom. The van der Waals surface area contributed by atoms with Gasteiger partial charge in [0.15, 0.2) is 0 Å². The zero-order chi connectivity index (χ0) is 17.9. The molecule has 8 heteroatoms. The zero-order valence-corrected chi connectivity index (χ0v) is 18.8. The van der Waals surface area contributed by atoms with Crippen LogP contribution in [0.15, 0.2) is 40.1 Å². The van der Waals surface area contributed by atoms with Gasteiger partial charge in [-0.1, -0.05) is 18.6 Å². The maximum Gasteiger partial charge on any atom is 0.252 e. The number of hydrogen-bond donors (Lipinski definition) is 2. The lowest BCUT2D eigenvalue weighted by molar-refractivity contribution is 0.0753. The molecule has 4 rings (SSSR count). The second-order valence-electron chi connectivity index (χ2n) is 7.45. The number of thiazole rings is 1. The number of amides is 1. The largest absolute Gasteiger partial charge is 0.349 e. The Labute approximate surface area is 187 Å². The first-order chi connectivity index (χ1) is 12.7. The van der Waals surface area contributed by atoms with Gasteiger partial charge in [0, 0.05) is 28.1 Å². The number of carbonyl (C=O) groups excluding carboxylic acids is 1. The second-order valence-corrected chi connectivity index (χ2v) is 9.18. The smallest absolute Gasteiger partial charge is 0.252 e. The van der Waals surface area contributed by atoms with Crippen LogP contribution in [0, 0.1) is 11.8 Å². The summed E-state index contributed by atoms with van der Waals surface area (Å²) in [5, 5.41) is 5.43. The van der Waals surface area contributed by atoms with Crippen molar-refractivity contribution in [3.05, 3.63) is 46.4 Å². The third-order valence-corrected chi connectivity index (χ3v) is 7.41. The van der Waals surface area contributed by atoms with Crippen LogP contribution >= 0.6 is 47.9 Å². The van der Waals surface area contributed by atoms with E-state index in [2.05, 4.69) is 15.7 Å². The summed E-state index contributed by atoms with van der Waals surface area (Å²) in [5.41, 5.74) is 9.91.